The van der Waals surface area contributed by atoms with E-state index in [0.717, 1.165) is 43.3 Å². The molecule has 0 atom stereocenters. The highest BCUT2D eigenvalue weighted by atomic mass is 35.5. The van der Waals surface area contributed by atoms with Crippen LogP contribution in [0.2, 0.25) is 10.0 Å². The van der Waals surface area contributed by atoms with Gasteiger partial charge >= 0.3 is 0 Å². The SMILES string of the molecule is O=C(CN1CCN(Cc2ccccc2Cl)CC1)NN=Cc1cc([N+](=O)[O-])ccc1Cl. The molecule has 1 aliphatic heterocycles. The number of amides is 1. The molecule has 0 bridgehead atoms. The first-order chi connectivity index (χ1) is 14.4. The van der Waals surface area contributed by atoms with Crippen LogP contribution in [0.4, 0.5) is 5.69 Å². The minimum absolute atomic E-state index is 0.0955. The molecule has 1 aliphatic rings. The van der Waals surface area contributed by atoms with E-state index in [2.05, 4.69) is 15.4 Å². The Morgan fingerprint density at radius 2 is 1.80 bits per heavy atom. The Kier molecular flexibility index (Phi) is 7.75. The minimum Gasteiger partial charge on any atom is -0.296 e. The number of piperazine rings is 1. The van der Waals surface area contributed by atoms with Crippen LogP contribution in [-0.4, -0.2) is 59.6 Å². The van der Waals surface area contributed by atoms with Crippen molar-refractivity contribution in [2.75, 3.05) is 32.7 Å². The zero-order chi connectivity index (χ0) is 21.5. The maximum absolute atomic E-state index is 12.1. The quantitative estimate of drug-likeness (QED) is 0.398. The van der Waals surface area contributed by atoms with E-state index in [1.54, 1.807) is 0 Å². The van der Waals surface area contributed by atoms with Gasteiger partial charge in [0.15, 0.2) is 0 Å². The first-order valence-electron chi connectivity index (χ1n) is 9.36. The van der Waals surface area contributed by atoms with Crippen LogP contribution in [-0.2, 0) is 11.3 Å². The third kappa shape index (κ3) is 6.24. The number of non-ortho nitro benzene ring substituents is 1. The van der Waals surface area contributed by atoms with Gasteiger partial charge in [-0.1, -0.05) is 41.4 Å². The summed E-state index contributed by atoms with van der Waals surface area (Å²) in [6, 6.07) is 11.8. The average molecular weight is 450 g/mol. The largest absolute Gasteiger partial charge is 0.296 e. The Bertz CT molecular complexity index is 946. The number of rotatable bonds is 7. The van der Waals surface area contributed by atoms with E-state index in [0.29, 0.717) is 10.6 Å². The average Bonchev–Trinajstić information content (AvgIpc) is 2.72. The van der Waals surface area contributed by atoms with Gasteiger partial charge in [-0.25, -0.2) is 5.43 Å². The van der Waals surface area contributed by atoms with E-state index in [9.17, 15) is 14.9 Å². The van der Waals surface area contributed by atoms with Crippen LogP contribution in [0.5, 0.6) is 0 Å². The monoisotopic (exact) mass is 449 g/mol. The van der Waals surface area contributed by atoms with Crippen LogP contribution in [0.1, 0.15) is 11.1 Å². The van der Waals surface area contributed by atoms with Crippen molar-refractivity contribution in [3.8, 4) is 0 Å². The lowest BCUT2D eigenvalue weighted by molar-refractivity contribution is -0.384. The molecule has 2 aromatic carbocycles. The van der Waals surface area contributed by atoms with Crippen LogP contribution in [0.15, 0.2) is 47.6 Å². The minimum atomic E-state index is -0.516. The number of carbonyl (C=O) groups is 1. The third-order valence-electron chi connectivity index (χ3n) is 4.77. The highest BCUT2D eigenvalue weighted by molar-refractivity contribution is 6.33. The van der Waals surface area contributed by atoms with E-state index >= 15 is 0 Å². The fraction of sp³-hybridized carbons (Fsp3) is 0.300. The summed E-state index contributed by atoms with van der Waals surface area (Å²) in [5.74, 6) is -0.257. The van der Waals surface area contributed by atoms with E-state index in [1.165, 1.54) is 24.4 Å². The Hall–Kier alpha value is -2.52. The van der Waals surface area contributed by atoms with E-state index in [-0.39, 0.29) is 18.1 Å². The predicted octanol–water partition coefficient (Wildman–Crippen LogP) is 3.17. The fourth-order valence-electron chi connectivity index (χ4n) is 3.13. The fourth-order valence-corrected chi connectivity index (χ4v) is 3.49. The number of hydrazone groups is 1. The normalized spacial score (nSPS) is 15.4. The summed E-state index contributed by atoms with van der Waals surface area (Å²) >= 11 is 12.2. The van der Waals surface area contributed by atoms with Gasteiger partial charge in [-0.05, 0) is 17.7 Å². The molecule has 0 spiro atoms. The summed E-state index contributed by atoms with van der Waals surface area (Å²) in [5.41, 5.74) is 3.80. The first kappa shape index (κ1) is 22.2. The van der Waals surface area contributed by atoms with Crippen molar-refractivity contribution in [1.29, 1.82) is 0 Å². The van der Waals surface area contributed by atoms with Gasteiger partial charge in [0.2, 0.25) is 0 Å². The molecule has 0 aliphatic carbocycles. The molecule has 0 aromatic heterocycles. The number of halogens is 2. The molecule has 10 heteroatoms. The summed E-state index contributed by atoms with van der Waals surface area (Å²) < 4.78 is 0. The summed E-state index contributed by atoms with van der Waals surface area (Å²) in [6.45, 7) is 4.21. The topological polar surface area (TPSA) is 91.1 Å². The van der Waals surface area contributed by atoms with Gasteiger partial charge in [0.25, 0.3) is 11.6 Å². The van der Waals surface area contributed by atoms with Crippen LogP contribution >= 0.6 is 23.2 Å². The van der Waals surface area contributed by atoms with Gasteiger partial charge in [-0.3, -0.25) is 24.7 Å². The second-order valence-electron chi connectivity index (χ2n) is 6.90. The molecular weight excluding hydrogens is 429 g/mol. The van der Waals surface area contributed by atoms with Crippen molar-refractivity contribution in [1.82, 2.24) is 15.2 Å². The molecule has 3 rings (SSSR count). The number of nitrogens with one attached hydrogen (secondary N) is 1. The second-order valence-corrected chi connectivity index (χ2v) is 7.71. The summed E-state index contributed by atoms with van der Waals surface area (Å²) in [7, 11) is 0. The lowest BCUT2D eigenvalue weighted by Gasteiger charge is -2.34. The maximum Gasteiger partial charge on any atom is 0.270 e. The lowest BCUT2D eigenvalue weighted by Crippen LogP contribution is -2.48. The van der Waals surface area contributed by atoms with Gasteiger partial charge in [0, 0.05) is 60.5 Å². The number of nitro benzene ring substituents is 1. The molecule has 158 valence electrons. The zero-order valence-corrected chi connectivity index (χ0v) is 17.6. The number of carbonyl (C=O) groups excluding carboxylic acids is 1. The van der Waals surface area contributed by atoms with E-state index in [1.807, 2.05) is 29.2 Å². The van der Waals surface area contributed by atoms with Crippen molar-refractivity contribution in [3.63, 3.8) is 0 Å². The maximum atomic E-state index is 12.1. The molecule has 2 aromatic rings. The molecule has 0 radical (unpaired) electrons. The Morgan fingerprint density at radius 1 is 1.10 bits per heavy atom. The second kappa shape index (κ2) is 10.5. The molecule has 30 heavy (non-hydrogen) atoms. The van der Waals surface area contributed by atoms with Crippen molar-refractivity contribution in [3.05, 3.63) is 73.8 Å². The number of benzene rings is 2. The number of hydrogen-bond donors (Lipinski definition) is 1. The van der Waals surface area contributed by atoms with Crippen LogP contribution in [0.3, 0.4) is 0 Å². The zero-order valence-electron chi connectivity index (χ0n) is 16.1. The van der Waals surface area contributed by atoms with Crippen molar-refractivity contribution in [2.24, 2.45) is 5.10 Å². The third-order valence-corrected chi connectivity index (χ3v) is 5.48. The van der Waals surface area contributed by atoms with Crippen molar-refractivity contribution in [2.45, 2.75) is 6.54 Å². The smallest absolute Gasteiger partial charge is 0.270 e. The Balaban J connectivity index is 1.44. The van der Waals surface area contributed by atoms with Crippen LogP contribution in [0, 0.1) is 10.1 Å². The standard InChI is InChI=1S/C20H21Cl2N5O3/c21-18-4-2-1-3-15(18)13-25-7-9-26(10-8-25)14-20(28)24-23-12-16-11-17(27(29)30)5-6-19(16)22/h1-6,11-12H,7-10,13-14H2,(H,24,28). The van der Waals surface area contributed by atoms with E-state index < -0.39 is 4.92 Å². The molecule has 1 fully saturated rings. The van der Waals surface area contributed by atoms with Crippen LogP contribution in [0.25, 0.3) is 0 Å². The lowest BCUT2D eigenvalue weighted by atomic mass is 10.2. The highest BCUT2D eigenvalue weighted by Crippen LogP contribution is 2.20. The molecule has 1 saturated heterocycles. The summed E-state index contributed by atoms with van der Waals surface area (Å²) in [6.07, 6.45) is 1.30. The highest BCUT2D eigenvalue weighted by Gasteiger charge is 2.19. The van der Waals surface area contributed by atoms with Gasteiger partial charge in [-0.15, -0.1) is 0 Å². The summed E-state index contributed by atoms with van der Waals surface area (Å²) in [4.78, 5) is 26.8. The van der Waals surface area contributed by atoms with Crippen LogP contribution < -0.4 is 5.43 Å². The summed E-state index contributed by atoms with van der Waals surface area (Å²) in [5, 5.41) is 15.8. The van der Waals surface area contributed by atoms with Gasteiger partial charge in [0.05, 0.1) is 17.7 Å². The Labute approximate surface area is 184 Å². The molecule has 8 nitrogen and oxygen atoms in total. The first-order valence-corrected chi connectivity index (χ1v) is 10.1. The Morgan fingerprint density at radius 3 is 2.50 bits per heavy atom. The van der Waals surface area contributed by atoms with E-state index in [4.69, 9.17) is 23.2 Å². The number of nitro groups is 1. The molecule has 1 amide bonds. The molecule has 0 unspecified atom stereocenters. The van der Waals surface area contributed by atoms with Crippen molar-refractivity contribution < 1.29 is 9.72 Å². The molecule has 1 heterocycles. The van der Waals surface area contributed by atoms with Gasteiger partial charge < -0.3 is 0 Å². The van der Waals surface area contributed by atoms with Gasteiger partial charge in [0.1, 0.15) is 0 Å². The number of hydrogen-bond acceptors (Lipinski definition) is 6. The molecule has 1 N–H and O–H groups in total. The molecule has 0 saturated carbocycles. The van der Waals surface area contributed by atoms with Gasteiger partial charge in [-0.2, -0.15) is 5.10 Å². The van der Waals surface area contributed by atoms with Crippen molar-refractivity contribution >= 4 is 41.0 Å². The molecular formula is C20H21Cl2N5O3. The number of nitrogens with zero attached hydrogens (tertiary/aromatic N) is 4. The predicted molar refractivity (Wildman–Crippen MR) is 117 cm³/mol.